The predicted molar refractivity (Wildman–Crippen MR) is 53.7 cm³/mol. The molecule has 1 rings (SSSR count). The molecule has 2 heteroatoms. The largest absolute Gasteiger partial charge is 0.393 e. The third-order valence-electron chi connectivity index (χ3n) is 2.65. The van der Waals surface area contributed by atoms with Crippen LogP contribution in [0.2, 0.25) is 0 Å². The first kappa shape index (κ1) is 11.0. The van der Waals surface area contributed by atoms with Gasteiger partial charge in [-0.05, 0) is 38.0 Å². The van der Waals surface area contributed by atoms with Gasteiger partial charge in [-0.15, -0.1) is 0 Å². The Morgan fingerprint density at radius 3 is 2.69 bits per heavy atom. The van der Waals surface area contributed by atoms with Crippen molar-refractivity contribution < 1.29 is 9.84 Å². The Labute approximate surface area is 81.3 Å². The molecule has 2 atom stereocenters. The normalized spacial score (nSPS) is 26.3. The van der Waals surface area contributed by atoms with Crippen LogP contribution in [0.1, 0.15) is 46.5 Å². The lowest BCUT2D eigenvalue weighted by Gasteiger charge is -2.28. The molecule has 1 saturated heterocycles. The van der Waals surface area contributed by atoms with Gasteiger partial charge in [0.25, 0.3) is 0 Å². The summed E-state index contributed by atoms with van der Waals surface area (Å²) in [5.74, 6) is 0. The third-order valence-corrected chi connectivity index (χ3v) is 2.65. The molecule has 0 aromatic carbocycles. The lowest BCUT2D eigenvalue weighted by molar-refractivity contribution is 0.0497. The fourth-order valence-electron chi connectivity index (χ4n) is 2.30. The van der Waals surface area contributed by atoms with E-state index in [1.54, 1.807) is 0 Å². The topological polar surface area (TPSA) is 29.5 Å². The molecule has 0 aliphatic carbocycles. The monoisotopic (exact) mass is 186 g/mol. The van der Waals surface area contributed by atoms with E-state index in [-0.39, 0.29) is 11.5 Å². The second-order valence-corrected chi connectivity index (χ2v) is 5.06. The molecule has 1 aliphatic heterocycles. The summed E-state index contributed by atoms with van der Waals surface area (Å²) in [6, 6.07) is 0. The second-order valence-electron chi connectivity index (χ2n) is 5.06. The van der Waals surface area contributed by atoms with E-state index >= 15 is 0 Å². The Bertz CT molecular complexity index is 146. The van der Waals surface area contributed by atoms with Gasteiger partial charge in [-0.3, -0.25) is 0 Å². The minimum absolute atomic E-state index is 0.198. The lowest BCUT2D eigenvalue weighted by atomic mass is 9.81. The van der Waals surface area contributed by atoms with Crippen LogP contribution in [0.3, 0.4) is 0 Å². The SMILES string of the molecule is CC(O)CC(C)(C)CC1CCCO1. The van der Waals surface area contributed by atoms with E-state index in [2.05, 4.69) is 13.8 Å². The van der Waals surface area contributed by atoms with Gasteiger partial charge in [0.1, 0.15) is 0 Å². The summed E-state index contributed by atoms with van der Waals surface area (Å²) in [6.45, 7) is 7.20. The molecule has 0 amide bonds. The predicted octanol–water partition coefficient (Wildman–Crippen LogP) is 2.35. The zero-order valence-electron chi connectivity index (χ0n) is 9.05. The van der Waals surface area contributed by atoms with E-state index in [9.17, 15) is 5.11 Å². The van der Waals surface area contributed by atoms with Gasteiger partial charge in [0.15, 0.2) is 0 Å². The van der Waals surface area contributed by atoms with Gasteiger partial charge in [-0.2, -0.15) is 0 Å². The van der Waals surface area contributed by atoms with Gasteiger partial charge in [0, 0.05) is 6.61 Å². The minimum atomic E-state index is -0.198. The van der Waals surface area contributed by atoms with Crippen LogP contribution < -0.4 is 0 Å². The molecule has 2 nitrogen and oxygen atoms in total. The van der Waals surface area contributed by atoms with Crippen LogP contribution in [0.5, 0.6) is 0 Å². The Kier molecular flexibility index (Phi) is 3.74. The maximum Gasteiger partial charge on any atom is 0.0581 e. The fraction of sp³-hybridized carbons (Fsp3) is 1.00. The van der Waals surface area contributed by atoms with Crippen molar-refractivity contribution in [2.75, 3.05) is 6.61 Å². The molecule has 13 heavy (non-hydrogen) atoms. The van der Waals surface area contributed by atoms with Crippen LogP contribution in [0.25, 0.3) is 0 Å². The van der Waals surface area contributed by atoms with Crippen molar-refractivity contribution in [1.82, 2.24) is 0 Å². The van der Waals surface area contributed by atoms with Gasteiger partial charge in [0.2, 0.25) is 0 Å². The van der Waals surface area contributed by atoms with Crippen molar-refractivity contribution in [3.8, 4) is 0 Å². The summed E-state index contributed by atoms with van der Waals surface area (Å²) in [7, 11) is 0. The molecule has 0 radical (unpaired) electrons. The van der Waals surface area contributed by atoms with Crippen LogP contribution in [0, 0.1) is 5.41 Å². The quantitative estimate of drug-likeness (QED) is 0.730. The molecule has 78 valence electrons. The van der Waals surface area contributed by atoms with Crippen molar-refractivity contribution in [3.63, 3.8) is 0 Å². The highest BCUT2D eigenvalue weighted by molar-refractivity contribution is 4.78. The number of ether oxygens (including phenoxy) is 1. The molecule has 0 spiro atoms. The van der Waals surface area contributed by atoms with E-state index in [1.807, 2.05) is 6.92 Å². The van der Waals surface area contributed by atoms with Gasteiger partial charge in [0.05, 0.1) is 12.2 Å². The zero-order valence-corrected chi connectivity index (χ0v) is 9.05. The smallest absolute Gasteiger partial charge is 0.0581 e. The fourth-order valence-corrected chi connectivity index (χ4v) is 2.30. The van der Waals surface area contributed by atoms with Crippen LogP contribution in [0.15, 0.2) is 0 Å². The van der Waals surface area contributed by atoms with Crippen LogP contribution >= 0.6 is 0 Å². The number of aliphatic hydroxyl groups is 1. The zero-order chi connectivity index (χ0) is 9.90. The maximum absolute atomic E-state index is 9.32. The minimum Gasteiger partial charge on any atom is -0.393 e. The Morgan fingerprint density at radius 1 is 1.54 bits per heavy atom. The highest BCUT2D eigenvalue weighted by atomic mass is 16.5. The molecule has 0 saturated carbocycles. The van der Waals surface area contributed by atoms with Crippen molar-refractivity contribution in [3.05, 3.63) is 0 Å². The standard InChI is InChI=1S/C11H22O2/c1-9(12)7-11(2,3)8-10-5-4-6-13-10/h9-10,12H,4-8H2,1-3H3. The van der Waals surface area contributed by atoms with E-state index in [1.165, 1.54) is 12.8 Å². The summed E-state index contributed by atoms with van der Waals surface area (Å²) < 4.78 is 5.59. The highest BCUT2D eigenvalue weighted by Gasteiger charge is 2.27. The third kappa shape index (κ3) is 4.10. The second kappa shape index (κ2) is 4.43. The molecule has 1 heterocycles. The Balaban J connectivity index is 2.31. The molecule has 0 aromatic heterocycles. The van der Waals surface area contributed by atoms with E-state index in [0.717, 1.165) is 19.4 Å². The van der Waals surface area contributed by atoms with Crippen LogP contribution in [-0.2, 0) is 4.74 Å². The van der Waals surface area contributed by atoms with E-state index in [4.69, 9.17) is 4.74 Å². The van der Waals surface area contributed by atoms with E-state index < -0.39 is 0 Å². The Hall–Kier alpha value is -0.0800. The summed E-state index contributed by atoms with van der Waals surface area (Å²) >= 11 is 0. The van der Waals surface area contributed by atoms with Crippen molar-refractivity contribution in [2.45, 2.75) is 58.7 Å². The number of hydrogen-bond acceptors (Lipinski definition) is 2. The summed E-state index contributed by atoms with van der Waals surface area (Å²) in [5, 5.41) is 9.32. The van der Waals surface area contributed by atoms with Gasteiger partial charge in [-0.1, -0.05) is 13.8 Å². The lowest BCUT2D eigenvalue weighted by Crippen LogP contribution is -2.24. The first-order valence-electron chi connectivity index (χ1n) is 5.29. The first-order valence-corrected chi connectivity index (χ1v) is 5.29. The van der Waals surface area contributed by atoms with Crippen molar-refractivity contribution in [2.24, 2.45) is 5.41 Å². The van der Waals surface area contributed by atoms with Crippen molar-refractivity contribution in [1.29, 1.82) is 0 Å². The van der Waals surface area contributed by atoms with Crippen LogP contribution in [0.4, 0.5) is 0 Å². The maximum atomic E-state index is 9.32. The average molecular weight is 186 g/mol. The van der Waals surface area contributed by atoms with E-state index in [0.29, 0.717) is 6.10 Å². The number of hydrogen-bond donors (Lipinski definition) is 1. The molecular weight excluding hydrogens is 164 g/mol. The summed E-state index contributed by atoms with van der Waals surface area (Å²) in [5.41, 5.74) is 0.211. The molecule has 1 N–H and O–H groups in total. The Morgan fingerprint density at radius 2 is 2.23 bits per heavy atom. The number of aliphatic hydroxyl groups excluding tert-OH is 1. The summed E-state index contributed by atoms with van der Waals surface area (Å²) in [6.07, 6.45) is 4.59. The molecule has 1 fully saturated rings. The highest BCUT2D eigenvalue weighted by Crippen LogP contribution is 2.32. The van der Waals surface area contributed by atoms with Gasteiger partial charge in [-0.25, -0.2) is 0 Å². The molecule has 0 bridgehead atoms. The summed E-state index contributed by atoms with van der Waals surface area (Å²) in [4.78, 5) is 0. The molecule has 2 unspecified atom stereocenters. The first-order chi connectivity index (χ1) is 5.99. The molecule has 1 aliphatic rings. The molecule has 0 aromatic rings. The molecular formula is C11H22O2. The van der Waals surface area contributed by atoms with Gasteiger partial charge < -0.3 is 9.84 Å². The van der Waals surface area contributed by atoms with Crippen LogP contribution in [-0.4, -0.2) is 23.9 Å². The number of rotatable bonds is 4. The van der Waals surface area contributed by atoms with Crippen molar-refractivity contribution >= 4 is 0 Å². The average Bonchev–Trinajstić information content (AvgIpc) is 2.34. The van der Waals surface area contributed by atoms with Gasteiger partial charge >= 0.3 is 0 Å².